The van der Waals surface area contributed by atoms with Crippen LogP contribution in [0.5, 0.6) is 0 Å². The summed E-state index contributed by atoms with van der Waals surface area (Å²) >= 11 is 5.78. The first-order valence-corrected chi connectivity index (χ1v) is 6.17. The van der Waals surface area contributed by atoms with Crippen LogP contribution in [0, 0.1) is 28.9 Å². The first-order valence-electron chi connectivity index (χ1n) is 5.79. The van der Waals surface area contributed by atoms with E-state index in [-0.39, 0.29) is 11.0 Å². The minimum Gasteiger partial charge on any atom is -0.354 e. The monoisotopic (exact) mass is 270 g/mol. The smallest absolute Gasteiger partial charge is 0.332 e. The number of hydrogen-bond acceptors (Lipinski definition) is 5. The normalized spacial score (nSPS) is 21.8. The maximum Gasteiger partial charge on any atom is 0.332 e. The van der Waals surface area contributed by atoms with Gasteiger partial charge in [0.05, 0.1) is 4.92 Å². The van der Waals surface area contributed by atoms with Crippen molar-refractivity contribution >= 4 is 23.1 Å². The fraction of sp³-hybridized carbons (Fsp3) is 0.636. The molecule has 0 aromatic carbocycles. The third kappa shape index (κ3) is 2.53. The largest absolute Gasteiger partial charge is 0.354 e. The summed E-state index contributed by atoms with van der Waals surface area (Å²) < 4.78 is 0. The van der Waals surface area contributed by atoms with Gasteiger partial charge >= 0.3 is 5.69 Å². The van der Waals surface area contributed by atoms with Crippen molar-refractivity contribution in [2.75, 3.05) is 18.5 Å². The summed E-state index contributed by atoms with van der Waals surface area (Å²) in [5.41, 5.74) is 0.237. The van der Waals surface area contributed by atoms with Gasteiger partial charge in [-0.1, -0.05) is 6.92 Å². The molecule has 1 fully saturated rings. The van der Waals surface area contributed by atoms with Crippen LogP contribution >= 0.6 is 11.6 Å². The van der Waals surface area contributed by atoms with E-state index in [9.17, 15) is 10.1 Å². The van der Waals surface area contributed by atoms with Crippen molar-refractivity contribution in [3.05, 3.63) is 21.1 Å². The van der Waals surface area contributed by atoms with E-state index in [1.165, 1.54) is 0 Å². The van der Waals surface area contributed by atoms with Crippen molar-refractivity contribution in [2.45, 2.75) is 20.3 Å². The Bertz CT molecular complexity index is 494. The van der Waals surface area contributed by atoms with Crippen LogP contribution in [0.3, 0.4) is 0 Å². The average molecular weight is 271 g/mol. The highest BCUT2D eigenvalue weighted by molar-refractivity contribution is 6.28. The maximum absolute atomic E-state index is 11.1. The lowest BCUT2D eigenvalue weighted by molar-refractivity contribution is -0.385. The summed E-state index contributed by atoms with van der Waals surface area (Å²) in [5.74, 6) is 1.57. The van der Waals surface area contributed by atoms with Crippen LogP contribution < -0.4 is 4.90 Å². The standard InChI is InChI=1S/C11H15ClN4O2/c1-6-4-8(6)5-15(3)10-9(16(17)18)7(2)13-11(12)14-10/h6,8H,4-5H2,1-3H3. The van der Waals surface area contributed by atoms with Crippen molar-refractivity contribution in [2.24, 2.45) is 11.8 Å². The lowest BCUT2D eigenvalue weighted by Gasteiger charge is -2.18. The third-order valence-corrected chi connectivity index (χ3v) is 3.51. The molecule has 1 aliphatic carbocycles. The molecule has 2 atom stereocenters. The van der Waals surface area contributed by atoms with Crippen LogP contribution in [-0.4, -0.2) is 28.5 Å². The van der Waals surface area contributed by atoms with E-state index in [0.717, 1.165) is 13.0 Å². The van der Waals surface area contributed by atoms with Crippen molar-refractivity contribution < 1.29 is 4.92 Å². The van der Waals surface area contributed by atoms with Gasteiger partial charge in [-0.05, 0) is 36.8 Å². The van der Waals surface area contributed by atoms with Crippen molar-refractivity contribution in [1.29, 1.82) is 0 Å². The Kier molecular flexibility index (Phi) is 3.38. The Hall–Kier alpha value is -1.43. The van der Waals surface area contributed by atoms with Gasteiger partial charge in [0, 0.05) is 13.6 Å². The summed E-state index contributed by atoms with van der Waals surface area (Å²) in [6.45, 7) is 4.50. The second kappa shape index (κ2) is 4.68. The van der Waals surface area contributed by atoms with Crippen LogP contribution in [-0.2, 0) is 0 Å². The molecule has 7 heteroatoms. The molecule has 6 nitrogen and oxygen atoms in total. The fourth-order valence-electron chi connectivity index (χ4n) is 2.09. The summed E-state index contributed by atoms with van der Waals surface area (Å²) in [6, 6.07) is 0. The lowest BCUT2D eigenvalue weighted by Crippen LogP contribution is -2.23. The maximum atomic E-state index is 11.1. The molecule has 1 saturated carbocycles. The second-order valence-corrected chi connectivity index (χ2v) is 5.20. The van der Waals surface area contributed by atoms with E-state index in [1.54, 1.807) is 18.9 Å². The van der Waals surface area contributed by atoms with Gasteiger partial charge in [-0.15, -0.1) is 0 Å². The van der Waals surface area contributed by atoms with Gasteiger partial charge in [0.2, 0.25) is 11.1 Å². The molecule has 0 saturated heterocycles. The first-order chi connectivity index (χ1) is 8.40. The van der Waals surface area contributed by atoms with Gasteiger partial charge in [-0.3, -0.25) is 10.1 Å². The number of aryl methyl sites for hydroxylation is 1. The zero-order valence-corrected chi connectivity index (χ0v) is 11.3. The van der Waals surface area contributed by atoms with Crippen LogP contribution in [0.1, 0.15) is 19.0 Å². The number of rotatable bonds is 4. The van der Waals surface area contributed by atoms with Crippen molar-refractivity contribution in [1.82, 2.24) is 9.97 Å². The summed E-state index contributed by atoms with van der Waals surface area (Å²) in [4.78, 5) is 20.3. The highest BCUT2D eigenvalue weighted by atomic mass is 35.5. The zero-order valence-electron chi connectivity index (χ0n) is 10.6. The molecule has 0 amide bonds. The van der Waals surface area contributed by atoms with E-state index in [0.29, 0.717) is 23.3 Å². The Balaban J connectivity index is 2.32. The molecule has 0 N–H and O–H groups in total. The molecule has 98 valence electrons. The van der Waals surface area contributed by atoms with E-state index in [1.807, 2.05) is 0 Å². The minimum atomic E-state index is -0.451. The number of nitro groups is 1. The molecule has 1 heterocycles. The molecule has 1 aromatic rings. The minimum absolute atomic E-state index is 0.0452. The molecule has 0 aliphatic heterocycles. The molecule has 0 bridgehead atoms. The first kappa shape index (κ1) is 13.0. The van der Waals surface area contributed by atoms with Gasteiger partial charge in [0.25, 0.3) is 0 Å². The van der Waals surface area contributed by atoms with Gasteiger partial charge in [-0.25, -0.2) is 4.98 Å². The number of aromatic nitrogens is 2. The summed E-state index contributed by atoms with van der Waals surface area (Å²) in [5, 5.41) is 11.1. The number of halogens is 1. The quantitative estimate of drug-likeness (QED) is 0.477. The van der Waals surface area contributed by atoms with Crippen LogP contribution in [0.2, 0.25) is 5.28 Å². The molecule has 2 rings (SSSR count). The Labute approximate surface area is 110 Å². The Morgan fingerprint density at radius 3 is 2.67 bits per heavy atom. The summed E-state index contributed by atoms with van der Waals surface area (Å²) in [6.07, 6.45) is 1.16. The molecule has 1 aliphatic rings. The van der Waals surface area contributed by atoms with Gasteiger partial charge in [0.1, 0.15) is 5.69 Å². The molecular formula is C11H15ClN4O2. The molecule has 0 spiro atoms. The molecule has 2 unspecified atom stereocenters. The highest BCUT2D eigenvalue weighted by Crippen LogP contribution is 2.39. The Morgan fingerprint density at radius 2 is 2.17 bits per heavy atom. The van der Waals surface area contributed by atoms with Gasteiger partial charge < -0.3 is 4.90 Å². The van der Waals surface area contributed by atoms with Gasteiger partial charge in [-0.2, -0.15) is 4.98 Å². The summed E-state index contributed by atoms with van der Waals surface area (Å²) in [7, 11) is 1.80. The number of nitrogens with zero attached hydrogens (tertiary/aromatic N) is 4. The number of anilines is 1. The molecular weight excluding hydrogens is 256 g/mol. The zero-order chi connectivity index (χ0) is 13.4. The van der Waals surface area contributed by atoms with Gasteiger partial charge in [0.15, 0.2) is 0 Å². The predicted molar refractivity (Wildman–Crippen MR) is 69.0 cm³/mol. The molecule has 18 heavy (non-hydrogen) atoms. The van der Waals surface area contributed by atoms with Crippen LogP contribution in [0.4, 0.5) is 11.5 Å². The van der Waals surface area contributed by atoms with Crippen LogP contribution in [0.15, 0.2) is 0 Å². The molecule has 0 radical (unpaired) electrons. The number of hydrogen-bond donors (Lipinski definition) is 0. The highest BCUT2D eigenvalue weighted by Gasteiger charge is 2.35. The Morgan fingerprint density at radius 1 is 1.56 bits per heavy atom. The SMILES string of the molecule is Cc1nc(Cl)nc(N(C)CC2CC2C)c1[N+](=O)[O-]. The fourth-order valence-corrected chi connectivity index (χ4v) is 2.30. The third-order valence-electron chi connectivity index (χ3n) is 3.34. The topological polar surface area (TPSA) is 72.2 Å². The second-order valence-electron chi connectivity index (χ2n) is 4.86. The van der Waals surface area contributed by atoms with Crippen molar-refractivity contribution in [3.8, 4) is 0 Å². The van der Waals surface area contributed by atoms with Crippen LogP contribution in [0.25, 0.3) is 0 Å². The van der Waals surface area contributed by atoms with E-state index in [4.69, 9.17) is 11.6 Å². The van der Waals surface area contributed by atoms with E-state index in [2.05, 4.69) is 16.9 Å². The van der Waals surface area contributed by atoms with E-state index < -0.39 is 4.92 Å². The average Bonchev–Trinajstić information content (AvgIpc) is 2.92. The van der Waals surface area contributed by atoms with Crippen molar-refractivity contribution in [3.63, 3.8) is 0 Å². The lowest BCUT2D eigenvalue weighted by atomic mass is 10.3. The van der Waals surface area contributed by atoms with E-state index >= 15 is 0 Å². The predicted octanol–water partition coefficient (Wildman–Crippen LogP) is 2.44. The molecule has 1 aromatic heterocycles.